The molecule has 7 saturated carbocycles. The largest absolute Gasteiger partial charge is 0.465 e. The first kappa shape index (κ1) is 39.7. The number of ether oxygens (including phenoxy) is 1. The summed E-state index contributed by atoms with van der Waals surface area (Å²) in [4.78, 5) is 49.8. The maximum absolute atomic E-state index is 13.3. The van der Waals surface area contributed by atoms with Crippen molar-refractivity contribution in [3.8, 4) is 0 Å². The van der Waals surface area contributed by atoms with Crippen LogP contribution in [0.15, 0.2) is 35.5 Å². The molecule has 0 bridgehead atoms. The molecule has 7 heteroatoms. The van der Waals surface area contributed by atoms with E-state index in [1.165, 1.54) is 36.8 Å². The highest BCUT2D eigenvalue weighted by atomic mass is 32.2. The van der Waals surface area contributed by atoms with Crippen LogP contribution in [0, 0.1) is 68.0 Å². The molecule has 0 aromatic rings. The molecule has 1 saturated heterocycles. The molecule has 8 fully saturated rings. The topological polar surface area (TPSA) is 94.6 Å². The molecule has 14 atom stereocenters. The van der Waals surface area contributed by atoms with Gasteiger partial charge < -0.3 is 4.74 Å². The smallest absolute Gasteiger partial charge is 0.312 e. The summed E-state index contributed by atoms with van der Waals surface area (Å²) in [6, 6.07) is 0. The second kappa shape index (κ2) is 13.4. The minimum absolute atomic E-state index is 0. The average Bonchev–Trinajstić information content (AvgIpc) is 3.89. The monoisotopic (exact) mass is 772 g/mol. The molecule has 6 nitrogen and oxygen atoms in total. The zero-order valence-corrected chi connectivity index (χ0v) is 34.5. The lowest BCUT2D eigenvalue weighted by Crippen LogP contribution is -2.58. The van der Waals surface area contributed by atoms with Crippen molar-refractivity contribution in [1.29, 1.82) is 0 Å². The average molecular weight is 773 g/mol. The van der Waals surface area contributed by atoms with Gasteiger partial charge in [-0.15, -0.1) is 0 Å². The number of carbonyl (C=O) groups is 4. The molecule has 0 aromatic carbocycles. The van der Waals surface area contributed by atoms with E-state index in [9.17, 15) is 23.4 Å². The molecule has 9 aliphatic carbocycles. The first-order chi connectivity index (χ1) is 25.7. The Labute approximate surface area is 333 Å². The molecule has 11 unspecified atom stereocenters. The van der Waals surface area contributed by atoms with Crippen LogP contribution in [0.3, 0.4) is 0 Å². The standard InChI is InChI=1S/C24H34O4S.C23H30O2.CH4/c1-4-29(27)19-14-15-13-16(25)5-8-22(15,2)17-6-9-23(3)18(20(17)19)7-10-24(23)11-12-28-21(24)26;1-21-11-7-16(24)14-15(21)5-6-17-18(21)8-12-22(2)19(17)9-13-23(22)10-3-4-20(23)25;/h13,17-20H,4-12,14H2,1-3H3;7,11,14,17-19H,3-6,8-10,12-13H2,1-2H3;1H4/t17?,18?,19-,20?,22?,23?,24+,29?;17?,18?,19?,21?,22?,23-;/m11./s1. The van der Waals surface area contributed by atoms with Crippen LogP contribution in [-0.2, 0) is 34.7 Å². The van der Waals surface area contributed by atoms with Crippen molar-refractivity contribution >= 4 is 34.1 Å². The highest BCUT2D eigenvalue weighted by Gasteiger charge is 2.70. The molecule has 10 rings (SSSR count). The molecule has 0 aromatic heterocycles. The highest BCUT2D eigenvalue weighted by Crippen LogP contribution is 2.73. The lowest BCUT2D eigenvalue weighted by molar-refractivity contribution is -0.156. The number of Topliss-reactive ketones (excluding diaryl/α,β-unsaturated/α-hetero) is 1. The number of cyclic esters (lactones) is 1. The van der Waals surface area contributed by atoms with E-state index >= 15 is 0 Å². The summed E-state index contributed by atoms with van der Waals surface area (Å²) in [5.74, 6) is 5.08. The van der Waals surface area contributed by atoms with E-state index in [1.807, 2.05) is 19.1 Å². The molecule has 2 spiro atoms. The lowest BCUT2D eigenvalue weighted by atomic mass is 9.45. The zero-order valence-electron chi connectivity index (χ0n) is 33.6. The fourth-order valence-electron chi connectivity index (χ4n) is 16.6. The number of hydrogen-bond donors (Lipinski definition) is 0. The van der Waals surface area contributed by atoms with Gasteiger partial charge in [0.05, 0.1) is 12.0 Å². The molecule has 0 radical (unpaired) electrons. The summed E-state index contributed by atoms with van der Waals surface area (Å²) < 4.78 is 18.8. The van der Waals surface area contributed by atoms with Gasteiger partial charge >= 0.3 is 5.97 Å². The third kappa shape index (κ3) is 5.24. The first-order valence-corrected chi connectivity index (χ1v) is 23.3. The van der Waals surface area contributed by atoms with Crippen LogP contribution >= 0.6 is 0 Å². The molecular weight excluding hydrogens is 705 g/mol. The van der Waals surface area contributed by atoms with Crippen molar-refractivity contribution in [2.75, 3.05) is 12.4 Å². The number of hydrogen-bond acceptors (Lipinski definition) is 6. The van der Waals surface area contributed by atoms with Gasteiger partial charge in [-0.2, -0.15) is 0 Å². The number of carbonyl (C=O) groups excluding carboxylic acids is 4. The summed E-state index contributed by atoms with van der Waals surface area (Å²) in [6.45, 7) is 12.1. The lowest BCUT2D eigenvalue weighted by Gasteiger charge is -2.61. The summed E-state index contributed by atoms with van der Waals surface area (Å²) >= 11 is 0. The summed E-state index contributed by atoms with van der Waals surface area (Å²) in [6.07, 6.45) is 25.4. The minimum atomic E-state index is -0.894. The molecule has 1 heterocycles. The van der Waals surface area contributed by atoms with E-state index in [0.29, 0.717) is 54.2 Å². The van der Waals surface area contributed by atoms with E-state index in [2.05, 4.69) is 33.8 Å². The molecule has 302 valence electrons. The Morgan fingerprint density at radius 2 is 1.42 bits per heavy atom. The van der Waals surface area contributed by atoms with Gasteiger partial charge in [0.15, 0.2) is 11.6 Å². The normalized spacial score (nSPS) is 49.6. The van der Waals surface area contributed by atoms with Crippen LogP contribution in [0.5, 0.6) is 0 Å². The Kier molecular flexibility index (Phi) is 9.70. The van der Waals surface area contributed by atoms with Crippen LogP contribution in [-0.4, -0.2) is 45.1 Å². The van der Waals surface area contributed by atoms with Gasteiger partial charge in [-0.3, -0.25) is 23.4 Å². The Morgan fingerprint density at radius 3 is 2.11 bits per heavy atom. The van der Waals surface area contributed by atoms with E-state index in [-0.39, 0.29) is 62.7 Å². The van der Waals surface area contributed by atoms with E-state index in [0.717, 1.165) is 83.0 Å². The molecule has 55 heavy (non-hydrogen) atoms. The first-order valence-electron chi connectivity index (χ1n) is 21.9. The Morgan fingerprint density at radius 1 is 0.727 bits per heavy atom. The number of allylic oxidation sites excluding steroid dienone is 5. The summed E-state index contributed by atoms with van der Waals surface area (Å²) in [7, 11) is -0.894. The van der Waals surface area contributed by atoms with Crippen LogP contribution in [0.2, 0.25) is 0 Å². The maximum atomic E-state index is 13.3. The predicted octanol–water partition coefficient (Wildman–Crippen LogP) is 9.87. The van der Waals surface area contributed by atoms with Crippen molar-refractivity contribution in [1.82, 2.24) is 0 Å². The molecule has 0 N–H and O–H groups in total. The summed E-state index contributed by atoms with van der Waals surface area (Å²) in [5, 5.41) is 0.118. The van der Waals surface area contributed by atoms with Gasteiger partial charge in [-0.25, -0.2) is 0 Å². The Bertz CT molecular complexity index is 1790. The molecule has 0 amide bonds. The minimum Gasteiger partial charge on any atom is -0.465 e. The van der Waals surface area contributed by atoms with Gasteiger partial charge in [-0.05, 0) is 166 Å². The molecule has 1 aliphatic heterocycles. The van der Waals surface area contributed by atoms with Crippen molar-refractivity contribution < 1.29 is 28.1 Å². The van der Waals surface area contributed by atoms with Gasteiger partial charge in [0.2, 0.25) is 0 Å². The van der Waals surface area contributed by atoms with E-state index < -0.39 is 10.8 Å². The second-order valence-electron chi connectivity index (χ2n) is 20.7. The van der Waals surface area contributed by atoms with Crippen LogP contribution < -0.4 is 0 Å². The molecule has 10 aliphatic rings. The third-order valence-electron chi connectivity index (χ3n) is 19.6. The van der Waals surface area contributed by atoms with Crippen LogP contribution in [0.1, 0.15) is 151 Å². The third-order valence-corrected chi connectivity index (χ3v) is 21.3. The van der Waals surface area contributed by atoms with Crippen LogP contribution in [0.4, 0.5) is 0 Å². The second-order valence-corrected chi connectivity index (χ2v) is 22.6. The summed E-state index contributed by atoms with van der Waals surface area (Å²) in [5.41, 5.74) is 2.65. The van der Waals surface area contributed by atoms with Gasteiger partial charge in [0.1, 0.15) is 5.78 Å². The van der Waals surface area contributed by atoms with Crippen molar-refractivity contribution in [2.45, 2.75) is 156 Å². The SMILES string of the molecule is C.CC12C=CC(=O)C=C1CCC1C2CCC2(C)C1CC[C@@]21CCCC1=O.CCS(=O)[C@@H]1CC2=CC(=O)CCC2(C)C2CCC3(C)C(CC[C@@]34CCOC4=O)C21. The van der Waals surface area contributed by atoms with E-state index in [1.54, 1.807) is 6.08 Å². The predicted molar refractivity (Wildman–Crippen MR) is 217 cm³/mol. The Hall–Kier alpha value is -2.15. The van der Waals surface area contributed by atoms with Gasteiger partial charge in [0, 0.05) is 45.5 Å². The van der Waals surface area contributed by atoms with Crippen LogP contribution in [0.25, 0.3) is 0 Å². The highest BCUT2D eigenvalue weighted by molar-refractivity contribution is 7.85. The Balaban J connectivity index is 0.000000154. The number of ketones is 3. The number of fused-ring (bicyclic) bond motifs is 12. The van der Waals surface area contributed by atoms with E-state index in [4.69, 9.17) is 4.74 Å². The van der Waals surface area contributed by atoms with Crippen molar-refractivity contribution in [2.24, 2.45) is 68.0 Å². The molecular formula is C48H68O6S. The fraction of sp³-hybridized carbons (Fsp3) is 0.792. The fourth-order valence-corrected chi connectivity index (χ4v) is 18.1. The zero-order chi connectivity index (χ0) is 38.1. The quantitative estimate of drug-likeness (QED) is 0.260. The van der Waals surface area contributed by atoms with Gasteiger partial charge in [-0.1, -0.05) is 59.3 Å². The van der Waals surface area contributed by atoms with Crippen molar-refractivity contribution in [3.05, 3.63) is 35.5 Å². The van der Waals surface area contributed by atoms with Gasteiger partial charge in [0.25, 0.3) is 0 Å². The van der Waals surface area contributed by atoms with Crippen molar-refractivity contribution in [3.63, 3.8) is 0 Å². The number of rotatable bonds is 2. The number of esters is 1. The maximum Gasteiger partial charge on any atom is 0.312 e.